The molecule has 2 N–H and O–H groups in total. The minimum absolute atomic E-state index is 0.0153. The summed E-state index contributed by atoms with van der Waals surface area (Å²) in [5.41, 5.74) is -0.432. The number of carbonyl (C=O) groups excluding carboxylic acids is 1. The first-order valence-corrected chi connectivity index (χ1v) is 8.73. The Hall–Kier alpha value is -1.63. The highest BCUT2D eigenvalue weighted by Gasteiger charge is 2.38. The number of nitrogens with zero attached hydrogens (tertiary/aromatic N) is 3. The van der Waals surface area contributed by atoms with E-state index in [9.17, 15) is 4.79 Å². The maximum Gasteiger partial charge on any atom is 0.410 e. The van der Waals surface area contributed by atoms with Crippen molar-refractivity contribution < 1.29 is 9.53 Å². The quantitative estimate of drug-likeness (QED) is 0.806. The molecule has 1 aliphatic rings. The summed E-state index contributed by atoms with van der Waals surface area (Å²) in [5, 5.41) is 10.4. The third kappa shape index (κ3) is 5.47. The molecule has 1 aliphatic heterocycles. The Morgan fingerprint density at radius 2 is 2.25 bits per heavy atom. The van der Waals surface area contributed by atoms with E-state index in [1.54, 1.807) is 0 Å². The van der Waals surface area contributed by atoms with Gasteiger partial charge in [0.05, 0.1) is 0 Å². The number of aromatic nitrogens is 3. The number of rotatable bonds is 5. The van der Waals surface area contributed by atoms with Gasteiger partial charge in [-0.3, -0.25) is 5.10 Å². The second-order valence-electron chi connectivity index (χ2n) is 8.22. The number of carbonyl (C=O) groups is 1. The van der Waals surface area contributed by atoms with E-state index in [4.69, 9.17) is 4.74 Å². The number of H-pyrrole nitrogens is 1. The van der Waals surface area contributed by atoms with Gasteiger partial charge in [-0.05, 0) is 45.6 Å². The summed E-state index contributed by atoms with van der Waals surface area (Å²) in [6, 6.07) is 0.394. The SMILES string of the molecule is CC(C)(C)OC(=O)N1CCC(NCCCc2ncn[nH]2)C(C)(C)C1. The molecule has 2 rings (SSSR count). The predicted octanol–water partition coefficient (Wildman–Crippen LogP) is 2.36. The molecule has 0 bridgehead atoms. The topological polar surface area (TPSA) is 83.1 Å². The standard InChI is InChI=1S/C17H31N5O2/c1-16(2,3)24-15(23)22-10-8-13(17(4,5)11-22)18-9-6-7-14-19-12-20-21-14/h12-13,18H,6-11H2,1-5H3,(H,19,20,21). The zero-order valence-electron chi connectivity index (χ0n) is 15.6. The highest BCUT2D eigenvalue weighted by molar-refractivity contribution is 5.68. The van der Waals surface area contributed by atoms with E-state index in [-0.39, 0.29) is 11.5 Å². The van der Waals surface area contributed by atoms with Gasteiger partial charge in [0.25, 0.3) is 0 Å². The molecule has 1 amide bonds. The molecule has 7 heteroatoms. The third-order valence-electron chi connectivity index (χ3n) is 4.33. The number of nitrogens with one attached hydrogen (secondary N) is 2. The molecule has 0 aromatic carbocycles. The van der Waals surface area contributed by atoms with E-state index >= 15 is 0 Å². The van der Waals surface area contributed by atoms with Crippen LogP contribution in [0.2, 0.25) is 0 Å². The highest BCUT2D eigenvalue weighted by atomic mass is 16.6. The van der Waals surface area contributed by atoms with Crippen LogP contribution in [-0.4, -0.2) is 57.5 Å². The van der Waals surface area contributed by atoms with Gasteiger partial charge in [0.15, 0.2) is 0 Å². The lowest BCUT2D eigenvalue weighted by Gasteiger charge is -2.44. The van der Waals surface area contributed by atoms with Gasteiger partial charge < -0.3 is 15.0 Å². The average Bonchev–Trinajstić information content (AvgIpc) is 2.95. The van der Waals surface area contributed by atoms with Crippen LogP contribution in [0.1, 0.15) is 53.3 Å². The first-order valence-electron chi connectivity index (χ1n) is 8.73. The van der Waals surface area contributed by atoms with Gasteiger partial charge in [-0.2, -0.15) is 5.10 Å². The molecule has 1 unspecified atom stereocenters. The van der Waals surface area contributed by atoms with Crippen LogP contribution in [0.4, 0.5) is 4.79 Å². The summed E-state index contributed by atoms with van der Waals surface area (Å²) in [6.45, 7) is 12.5. The lowest BCUT2D eigenvalue weighted by atomic mass is 9.79. The van der Waals surface area contributed by atoms with E-state index in [1.165, 1.54) is 6.33 Å². The Balaban J connectivity index is 1.77. The Kier molecular flexibility index (Phi) is 5.85. The molecule has 1 saturated heterocycles. The van der Waals surface area contributed by atoms with Crippen LogP contribution >= 0.6 is 0 Å². The van der Waals surface area contributed by atoms with Gasteiger partial charge in [-0.25, -0.2) is 9.78 Å². The van der Waals surface area contributed by atoms with Crippen LogP contribution < -0.4 is 5.32 Å². The summed E-state index contributed by atoms with van der Waals surface area (Å²) in [5.74, 6) is 0.927. The van der Waals surface area contributed by atoms with Crippen molar-refractivity contribution in [2.24, 2.45) is 5.41 Å². The largest absolute Gasteiger partial charge is 0.444 e. The van der Waals surface area contributed by atoms with E-state index in [0.29, 0.717) is 12.6 Å². The molecule has 0 aliphatic carbocycles. The minimum atomic E-state index is -0.447. The second kappa shape index (κ2) is 7.51. The lowest BCUT2D eigenvalue weighted by molar-refractivity contribution is 0.00227. The van der Waals surface area contributed by atoms with E-state index in [1.807, 2.05) is 25.7 Å². The van der Waals surface area contributed by atoms with Crippen molar-refractivity contribution in [1.82, 2.24) is 25.4 Å². The van der Waals surface area contributed by atoms with Gasteiger partial charge in [-0.1, -0.05) is 13.8 Å². The Morgan fingerprint density at radius 3 is 2.83 bits per heavy atom. The summed E-state index contributed by atoms with van der Waals surface area (Å²) in [6.07, 6.45) is 4.17. The van der Waals surface area contributed by atoms with Crippen molar-refractivity contribution >= 4 is 6.09 Å². The van der Waals surface area contributed by atoms with Crippen LogP contribution in [0.25, 0.3) is 0 Å². The van der Waals surface area contributed by atoms with Crippen LogP contribution in [0, 0.1) is 5.41 Å². The first-order chi connectivity index (χ1) is 11.2. The fourth-order valence-corrected chi connectivity index (χ4v) is 3.10. The molecule has 1 fully saturated rings. The van der Waals surface area contributed by atoms with Gasteiger partial charge in [-0.15, -0.1) is 0 Å². The maximum atomic E-state index is 12.3. The first kappa shape index (κ1) is 18.7. The zero-order valence-corrected chi connectivity index (χ0v) is 15.6. The monoisotopic (exact) mass is 337 g/mol. The molecule has 1 atom stereocenters. The molecule has 1 aromatic heterocycles. The van der Waals surface area contributed by atoms with Gasteiger partial charge >= 0.3 is 6.09 Å². The van der Waals surface area contributed by atoms with E-state index < -0.39 is 5.60 Å². The molecule has 2 heterocycles. The van der Waals surface area contributed by atoms with Crippen molar-refractivity contribution in [2.45, 2.75) is 65.5 Å². The number of aromatic amines is 1. The molecule has 7 nitrogen and oxygen atoms in total. The molecule has 0 radical (unpaired) electrons. The van der Waals surface area contributed by atoms with Crippen LogP contribution in [0.3, 0.4) is 0 Å². The molecule has 136 valence electrons. The van der Waals surface area contributed by atoms with Crippen LogP contribution in [0.15, 0.2) is 6.33 Å². The molecule has 0 saturated carbocycles. The number of amides is 1. The second-order valence-corrected chi connectivity index (χ2v) is 8.22. The fraction of sp³-hybridized carbons (Fsp3) is 0.824. The molecule has 0 spiro atoms. The maximum absolute atomic E-state index is 12.3. The number of hydrogen-bond acceptors (Lipinski definition) is 5. The van der Waals surface area contributed by atoms with Crippen molar-refractivity contribution in [3.8, 4) is 0 Å². The highest BCUT2D eigenvalue weighted by Crippen LogP contribution is 2.30. The Morgan fingerprint density at radius 1 is 1.50 bits per heavy atom. The summed E-state index contributed by atoms with van der Waals surface area (Å²) in [7, 11) is 0. The lowest BCUT2D eigenvalue weighted by Crippen LogP contribution is -2.56. The number of likely N-dealkylation sites (tertiary alicyclic amines) is 1. The molecular formula is C17H31N5O2. The Bertz CT molecular complexity index is 522. The number of aryl methyl sites for hydroxylation is 1. The van der Waals surface area contributed by atoms with Crippen LogP contribution in [-0.2, 0) is 11.2 Å². The van der Waals surface area contributed by atoms with Gasteiger partial charge in [0, 0.05) is 25.6 Å². The number of hydrogen-bond donors (Lipinski definition) is 2. The minimum Gasteiger partial charge on any atom is -0.444 e. The van der Waals surface area contributed by atoms with Crippen molar-refractivity contribution in [3.05, 3.63) is 12.2 Å². The van der Waals surface area contributed by atoms with Gasteiger partial charge in [0.1, 0.15) is 17.8 Å². The van der Waals surface area contributed by atoms with E-state index in [0.717, 1.165) is 38.2 Å². The zero-order chi connectivity index (χ0) is 17.8. The van der Waals surface area contributed by atoms with E-state index in [2.05, 4.69) is 34.3 Å². The Labute approximate surface area is 144 Å². The normalized spacial score (nSPS) is 20.9. The van der Waals surface area contributed by atoms with Crippen LogP contribution in [0.5, 0.6) is 0 Å². The molecule has 1 aromatic rings. The predicted molar refractivity (Wildman–Crippen MR) is 92.7 cm³/mol. The van der Waals surface area contributed by atoms with Gasteiger partial charge in [0.2, 0.25) is 0 Å². The van der Waals surface area contributed by atoms with Crippen molar-refractivity contribution in [1.29, 1.82) is 0 Å². The van der Waals surface area contributed by atoms with Crippen molar-refractivity contribution in [3.63, 3.8) is 0 Å². The number of ether oxygens (including phenoxy) is 1. The average molecular weight is 337 g/mol. The molecular weight excluding hydrogens is 306 g/mol. The van der Waals surface area contributed by atoms with Crippen molar-refractivity contribution in [2.75, 3.05) is 19.6 Å². The summed E-state index contributed by atoms with van der Waals surface area (Å²) < 4.78 is 5.50. The summed E-state index contributed by atoms with van der Waals surface area (Å²) in [4.78, 5) is 18.2. The smallest absolute Gasteiger partial charge is 0.410 e. The number of piperidine rings is 1. The molecule has 24 heavy (non-hydrogen) atoms. The fourth-order valence-electron chi connectivity index (χ4n) is 3.10. The summed E-state index contributed by atoms with van der Waals surface area (Å²) >= 11 is 0. The third-order valence-corrected chi connectivity index (χ3v) is 4.33.